The third-order valence-electron chi connectivity index (χ3n) is 5.32. The summed E-state index contributed by atoms with van der Waals surface area (Å²) in [4.78, 5) is 27.8. The Morgan fingerprint density at radius 2 is 2.10 bits per heavy atom. The lowest BCUT2D eigenvalue weighted by Gasteiger charge is -2.42. The van der Waals surface area contributed by atoms with Crippen LogP contribution in [0.15, 0.2) is 12.7 Å². The van der Waals surface area contributed by atoms with Crippen molar-refractivity contribution in [2.24, 2.45) is 5.73 Å². The van der Waals surface area contributed by atoms with Crippen molar-refractivity contribution >= 4 is 22.9 Å². The molecule has 1 aliphatic rings. The Morgan fingerprint density at radius 3 is 2.83 bits per heavy atom. The lowest BCUT2D eigenvalue weighted by molar-refractivity contribution is -0.173. The maximum absolute atomic E-state index is 12.6. The SMILES string of the molecule is CN[C@@H](CCCCN)C(=O)N[C@@H]1[C@@H](O)[C@H](O)[C@@H](Nc2ncnc3nc[nH]c23)O[C@H]1C. The van der Waals surface area contributed by atoms with E-state index in [1.165, 1.54) is 12.7 Å². The van der Waals surface area contributed by atoms with Crippen molar-refractivity contribution in [3.63, 3.8) is 0 Å². The molecule has 12 heteroatoms. The van der Waals surface area contributed by atoms with Crippen LogP contribution >= 0.6 is 0 Å². The summed E-state index contributed by atoms with van der Waals surface area (Å²) in [6.07, 6.45) is 1.04. The predicted octanol–water partition coefficient (Wildman–Crippen LogP) is -1.57. The van der Waals surface area contributed by atoms with E-state index in [2.05, 4.69) is 35.9 Å². The van der Waals surface area contributed by atoms with E-state index in [-0.39, 0.29) is 5.91 Å². The molecule has 0 aliphatic carbocycles. The largest absolute Gasteiger partial charge is 0.388 e. The molecule has 3 heterocycles. The molecule has 1 fully saturated rings. The first-order valence-corrected chi connectivity index (χ1v) is 10.1. The van der Waals surface area contributed by atoms with E-state index in [1.807, 2.05) is 0 Å². The molecule has 12 nitrogen and oxygen atoms in total. The lowest BCUT2D eigenvalue weighted by Crippen LogP contribution is -2.65. The number of unbranched alkanes of at least 4 members (excludes halogenated alkanes) is 1. The summed E-state index contributed by atoms with van der Waals surface area (Å²) in [5.74, 6) is 0.126. The van der Waals surface area contributed by atoms with Gasteiger partial charge in [0.1, 0.15) is 24.1 Å². The molecule has 2 aromatic rings. The molecule has 0 unspecified atom stereocenters. The third kappa shape index (κ3) is 4.84. The Morgan fingerprint density at radius 1 is 1.30 bits per heavy atom. The molecule has 0 spiro atoms. The molecule has 2 aromatic heterocycles. The van der Waals surface area contributed by atoms with Gasteiger partial charge in [0.25, 0.3) is 0 Å². The minimum atomic E-state index is -1.30. The van der Waals surface area contributed by atoms with Crippen LogP contribution in [0.1, 0.15) is 26.2 Å². The predicted molar refractivity (Wildman–Crippen MR) is 109 cm³/mol. The fourth-order valence-electron chi connectivity index (χ4n) is 3.56. The second-order valence-electron chi connectivity index (χ2n) is 7.37. The highest BCUT2D eigenvalue weighted by atomic mass is 16.5. The summed E-state index contributed by atoms with van der Waals surface area (Å²) in [5, 5.41) is 30.0. The van der Waals surface area contributed by atoms with Crippen LogP contribution in [-0.4, -0.2) is 86.3 Å². The normalized spacial score (nSPS) is 27.7. The van der Waals surface area contributed by atoms with Gasteiger partial charge in [-0.3, -0.25) is 4.79 Å². The quantitative estimate of drug-likeness (QED) is 0.233. The maximum atomic E-state index is 12.6. The topological polar surface area (TPSA) is 183 Å². The first-order chi connectivity index (χ1) is 14.5. The van der Waals surface area contributed by atoms with Crippen LogP contribution in [0.5, 0.6) is 0 Å². The number of nitrogens with one attached hydrogen (secondary N) is 4. The molecule has 6 atom stereocenters. The Kier molecular flexibility index (Phi) is 7.50. The fraction of sp³-hybridized carbons (Fsp3) is 0.667. The summed E-state index contributed by atoms with van der Waals surface area (Å²) >= 11 is 0. The van der Waals surface area contributed by atoms with Gasteiger partial charge < -0.3 is 41.6 Å². The van der Waals surface area contributed by atoms with Gasteiger partial charge in [0.05, 0.1) is 24.5 Å². The van der Waals surface area contributed by atoms with Crippen LogP contribution in [0.2, 0.25) is 0 Å². The van der Waals surface area contributed by atoms with Crippen molar-refractivity contribution < 1.29 is 19.7 Å². The number of rotatable bonds is 9. The first-order valence-electron chi connectivity index (χ1n) is 10.1. The van der Waals surface area contributed by atoms with Gasteiger partial charge in [0, 0.05) is 0 Å². The Labute approximate surface area is 174 Å². The van der Waals surface area contributed by atoms with E-state index in [4.69, 9.17) is 10.5 Å². The molecular formula is C18H30N8O4. The van der Waals surface area contributed by atoms with Gasteiger partial charge in [0.2, 0.25) is 5.91 Å². The minimum Gasteiger partial charge on any atom is -0.388 e. The van der Waals surface area contributed by atoms with Gasteiger partial charge in [-0.1, -0.05) is 6.42 Å². The van der Waals surface area contributed by atoms with Gasteiger partial charge in [-0.2, -0.15) is 0 Å². The number of H-pyrrole nitrogens is 1. The van der Waals surface area contributed by atoms with Crippen molar-refractivity contribution in [2.45, 2.75) is 62.8 Å². The molecule has 0 saturated carbocycles. The van der Waals surface area contributed by atoms with Crippen molar-refractivity contribution in [2.75, 3.05) is 18.9 Å². The maximum Gasteiger partial charge on any atom is 0.237 e. The van der Waals surface area contributed by atoms with Crippen molar-refractivity contribution in [1.29, 1.82) is 0 Å². The van der Waals surface area contributed by atoms with Crippen LogP contribution in [0.3, 0.4) is 0 Å². The summed E-state index contributed by atoms with van der Waals surface area (Å²) in [7, 11) is 1.70. The number of hydrogen-bond acceptors (Lipinski definition) is 10. The van der Waals surface area contributed by atoms with Crippen molar-refractivity contribution in [3.05, 3.63) is 12.7 Å². The number of aliphatic hydroxyl groups excluding tert-OH is 2. The highest BCUT2D eigenvalue weighted by molar-refractivity contribution is 5.82. The molecule has 1 aliphatic heterocycles. The molecule has 8 N–H and O–H groups in total. The third-order valence-corrected chi connectivity index (χ3v) is 5.32. The molecule has 3 rings (SSSR count). The van der Waals surface area contributed by atoms with E-state index < -0.39 is 36.6 Å². The minimum absolute atomic E-state index is 0.261. The first kappa shape index (κ1) is 22.3. The molecule has 0 radical (unpaired) electrons. The zero-order valence-corrected chi connectivity index (χ0v) is 17.1. The van der Waals surface area contributed by atoms with E-state index in [9.17, 15) is 15.0 Å². The standard InChI is InChI=1S/C18H30N8O4/c1-9-11(25-17(29)10(20-2)5-3-4-6-19)13(27)14(28)18(30-9)26-16-12-15(22-7-21-12)23-8-24-16/h7-11,13-14,18,20,27-28H,3-6,19H2,1-2H3,(H,25,29)(H2,21,22,23,24,26)/t9-,10-,11-,13+,14-,18-/m0/s1. The molecule has 0 bridgehead atoms. The number of imidazole rings is 1. The summed E-state index contributed by atoms with van der Waals surface area (Å²) in [5.41, 5.74) is 6.53. The van der Waals surface area contributed by atoms with E-state index in [0.29, 0.717) is 29.9 Å². The highest BCUT2D eigenvalue weighted by Crippen LogP contribution is 2.24. The molecule has 0 aromatic carbocycles. The van der Waals surface area contributed by atoms with Crippen LogP contribution < -0.4 is 21.7 Å². The van der Waals surface area contributed by atoms with E-state index in [1.54, 1.807) is 14.0 Å². The summed E-state index contributed by atoms with van der Waals surface area (Å²) in [6.45, 7) is 2.30. The van der Waals surface area contributed by atoms with Crippen LogP contribution in [0.25, 0.3) is 11.2 Å². The number of hydrogen-bond donors (Lipinski definition) is 7. The number of carbonyl (C=O) groups excluding carboxylic acids is 1. The Hall–Kier alpha value is -2.38. The number of nitrogens with two attached hydrogens (primary N) is 1. The van der Waals surface area contributed by atoms with Gasteiger partial charge in [-0.25, -0.2) is 15.0 Å². The number of aliphatic hydroxyl groups is 2. The lowest BCUT2D eigenvalue weighted by atomic mass is 9.95. The number of amides is 1. The molecule has 30 heavy (non-hydrogen) atoms. The number of anilines is 1. The second-order valence-corrected chi connectivity index (χ2v) is 7.37. The molecule has 1 amide bonds. The van der Waals surface area contributed by atoms with Crippen molar-refractivity contribution in [3.8, 4) is 0 Å². The fourth-order valence-corrected chi connectivity index (χ4v) is 3.56. The van der Waals surface area contributed by atoms with Crippen LogP contribution in [-0.2, 0) is 9.53 Å². The monoisotopic (exact) mass is 422 g/mol. The molecular weight excluding hydrogens is 392 g/mol. The number of ether oxygens (including phenoxy) is 1. The van der Waals surface area contributed by atoms with Gasteiger partial charge >= 0.3 is 0 Å². The number of carbonyl (C=O) groups is 1. The van der Waals surface area contributed by atoms with Crippen LogP contribution in [0, 0.1) is 0 Å². The summed E-state index contributed by atoms with van der Waals surface area (Å²) < 4.78 is 5.86. The van der Waals surface area contributed by atoms with Crippen LogP contribution in [0.4, 0.5) is 5.82 Å². The second kappa shape index (κ2) is 10.1. The smallest absolute Gasteiger partial charge is 0.237 e. The number of nitrogens with zero attached hydrogens (tertiary/aromatic N) is 3. The van der Waals surface area contributed by atoms with Gasteiger partial charge in [0.15, 0.2) is 17.7 Å². The zero-order valence-electron chi connectivity index (χ0n) is 17.1. The van der Waals surface area contributed by atoms with Gasteiger partial charge in [-0.15, -0.1) is 0 Å². The van der Waals surface area contributed by atoms with E-state index >= 15 is 0 Å². The highest BCUT2D eigenvalue weighted by Gasteiger charge is 2.44. The Balaban J connectivity index is 1.64. The molecule has 166 valence electrons. The van der Waals surface area contributed by atoms with E-state index in [0.717, 1.165) is 12.8 Å². The Bertz CT molecular complexity index is 833. The number of aromatic nitrogens is 4. The average Bonchev–Trinajstić information content (AvgIpc) is 3.22. The number of fused-ring (bicyclic) bond motifs is 1. The van der Waals surface area contributed by atoms with Crippen molar-refractivity contribution in [1.82, 2.24) is 30.6 Å². The zero-order chi connectivity index (χ0) is 21.7. The molecule has 1 saturated heterocycles. The van der Waals surface area contributed by atoms with Gasteiger partial charge in [-0.05, 0) is 33.4 Å². The average molecular weight is 422 g/mol. The number of likely N-dealkylation sites (N-methyl/N-ethyl adjacent to an activating group) is 1. The number of aromatic amines is 1. The summed E-state index contributed by atoms with van der Waals surface area (Å²) in [6, 6.07) is -1.19.